The van der Waals surface area contributed by atoms with Crippen molar-refractivity contribution in [1.29, 1.82) is 0 Å². The summed E-state index contributed by atoms with van der Waals surface area (Å²) in [5, 5.41) is 2.97. The van der Waals surface area contributed by atoms with Gasteiger partial charge in [-0.1, -0.05) is 12.1 Å². The summed E-state index contributed by atoms with van der Waals surface area (Å²) in [5.74, 6) is -0.763. The number of benzene rings is 1. The highest BCUT2D eigenvalue weighted by atomic mass is 32.2. The zero-order valence-electron chi connectivity index (χ0n) is 19.3. The maximum atomic E-state index is 13.3. The first-order valence-corrected chi connectivity index (χ1v) is 13.1. The Morgan fingerprint density at radius 2 is 1.79 bits per heavy atom. The van der Waals surface area contributed by atoms with Crippen LogP contribution in [0, 0.1) is 19.8 Å². The number of hydrogen-bond acceptors (Lipinski definition) is 4. The van der Waals surface area contributed by atoms with Gasteiger partial charge in [0.05, 0.1) is 5.92 Å². The van der Waals surface area contributed by atoms with Gasteiger partial charge in [0, 0.05) is 38.1 Å². The number of rotatable bonds is 5. The molecule has 2 aliphatic heterocycles. The second-order valence-electron chi connectivity index (χ2n) is 9.11. The van der Waals surface area contributed by atoms with Gasteiger partial charge in [-0.3, -0.25) is 9.59 Å². The maximum absolute atomic E-state index is 13.3. The zero-order chi connectivity index (χ0) is 23.6. The lowest BCUT2D eigenvalue weighted by Crippen LogP contribution is -2.43. The third-order valence-corrected chi connectivity index (χ3v) is 8.42. The molecule has 2 fully saturated rings. The molecule has 2 N–H and O–H groups in total. The van der Waals surface area contributed by atoms with Crippen LogP contribution in [-0.2, 0) is 14.8 Å². The highest BCUT2D eigenvalue weighted by Gasteiger charge is 2.34. The van der Waals surface area contributed by atoms with Crippen molar-refractivity contribution >= 4 is 27.5 Å². The van der Waals surface area contributed by atoms with Crippen LogP contribution >= 0.6 is 0 Å². The first kappa shape index (κ1) is 23.5. The van der Waals surface area contributed by atoms with Crippen LogP contribution in [0.4, 0.5) is 5.69 Å². The number of piperidine rings is 2. The number of H-pyrrole nitrogens is 1. The van der Waals surface area contributed by atoms with Crippen molar-refractivity contribution in [3.8, 4) is 0 Å². The Bertz CT molecular complexity index is 1140. The van der Waals surface area contributed by atoms with Crippen LogP contribution in [0.3, 0.4) is 0 Å². The molecule has 0 saturated carbocycles. The lowest BCUT2D eigenvalue weighted by atomic mass is 9.98. The number of aromatic amines is 1. The minimum Gasteiger partial charge on any atom is -0.356 e. The minimum absolute atomic E-state index is 0.0680. The fraction of sp³-hybridized carbons (Fsp3) is 0.500. The molecule has 2 aliphatic rings. The van der Waals surface area contributed by atoms with E-state index in [9.17, 15) is 18.0 Å². The summed E-state index contributed by atoms with van der Waals surface area (Å²) in [4.78, 5) is 30.3. The Kier molecular flexibility index (Phi) is 6.90. The summed E-state index contributed by atoms with van der Waals surface area (Å²) in [6.45, 7) is 5.77. The van der Waals surface area contributed by atoms with Crippen molar-refractivity contribution in [3.05, 3.63) is 47.3 Å². The smallest absolute Gasteiger partial charge is 0.270 e. The Morgan fingerprint density at radius 3 is 2.55 bits per heavy atom. The van der Waals surface area contributed by atoms with Crippen LogP contribution in [-0.4, -0.2) is 60.6 Å². The number of hydrogen-bond donors (Lipinski definition) is 2. The van der Waals surface area contributed by atoms with Gasteiger partial charge in [0.25, 0.3) is 5.91 Å². The Labute approximate surface area is 195 Å². The second-order valence-corrected chi connectivity index (χ2v) is 11.0. The molecule has 0 bridgehead atoms. The summed E-state index contributed by atoms with van der Waals surface area (Å²) in [6, 6.07) is 7.29. The predicted octanol–water partition coefficient (Wildman–Crippen LogP) is 3.30. The summed E-state index contributed by atoms with van der Waals surface area (Å²) in [7, 11) is -3.81. The molecule has 1 unspecified atom stereocenters. The van der Waals surface area contributed by atoms with Gasteiger partial charge in [0.1, 0.15) is 10.6 Å². The third kappa shape index (κ3) is 5.14. The van der Waals surface area contributed by atoms with E-state index in [0.717, 1.165) is 36.1 Å². The van der Waals surface area contributed by atoms with Crippen molar-refractivity contribution in [2.45, 2.75) is 50.8 Å². The van der Waals surface area contributed by atoms with E-state index in [1.165, 1.54) is 16.6 Å². The summed E-state index contributed by atoms with van der Waals surface area (Å²) in [6.07, 6.45) is 5.67. The number of likely N-dealkylation sites (tertiary alicyclic amines) is 1. The van der Waals surface area contributed by atoms with E-state index in [0.29, 0.717) is 32.5 Å². The molecule has 2 aromatic rings. The van der Waals surface area contributed by atoms with Crippen LogP contribution < -0.4 is 5.32 Å². The number of aromatic nitrogens is 1. The average Bonchev–Trinajstić information content (AvgIpc) is 3.33. The third-order valence-electron chi connectivity index (χ3n) is 6.57. The number of nitrogens with one attached hydrogen (secondary N) is 2. The van der Waals surface area contributed by atoms with Gasteiger partial charge < -0.3 is 15.2 Å². The van der Waals surface area contributed by atoms with Crippen LogP contribution in [0.2, 0.25) is 0 Å². The summed E-state index contributed by atoms with van der Waals surface area (Å²) in [5.41, 5.74) is 3.06. The molecule has 3 heterocycles. The first-order valence-electron chi connectivity index (χ1n) is 11.6. The van der Waals surface area contributed by atoms with E-state index >= 15 is 0 Å². The van der Waals surface area contributed by atoms with Crippen LogP contribution in [0.5, 0.6) is 0 Å². The molecule has 33 heavy (non-hydrogen) atoms. The summed E-state index contributed by atoms with van der Waals surface area (Å²) >= 11 is 0. The van der Waals surface area contributed by atoms with Gasteiger partial charge in [-0.25, -0.2) is 8.42 Å². The maximum Gasteiger partial charge on any atom is 0.270 e. The number of anilines is 1. The number of sulfonamides is 1. The number of carbonyl (C=O) groups is 2. The van der Waals surface area contributed by atoms with Crippen molar-refractivity contribution in [2.75, 3.05) is 31.5 Å². The molecule has 1 atom stereocenters. The molecule has 2 saturated heterocycles. The Morgan fingerprint density at radius 1 is 1.03 bits per heavy atom. The normalized spacial score (nSPS) is 19.9. The van der Waals surface area contributed by atoms with Gasteiger partial charge >= 0.3 is 0 Å². The molecule has 1 aromatic carbocycles. The van der Waals surface area contributed by atoms with E-state index < -0.39 is 15.9 Å². The molecule has 178 valence electrons. The second kappa shape index (κ2) is 9.69. The van der Waals surface area contributed by atoms with Gasteiger partial charge in [-0.2, -0.15) is 4.31 Å². The molecular weight excluding hydrogens is 440 g/mol. The van der Waals surface area contributed by atoms with Crippen LogP contribution in [0.25, 0.3) is 0 Å². The Hall–Kier alpha value is -2.65. The predicted molar refractivity (Wildman–Crippen MR) is 127 cm³/mol. The molecule has 0 spiro atoms. The monoisotopic (exact) mass is 472 g/mol. The van der Waals surface area contributed by atoms with E-state index in [4.69, 9.17) is 0 Å². The van der Waals surface area contributed by atoms with Gasteiger partial charge in [-0.15, -0.1) is 0 Å². The molecule has 2 amide bonds. The minimum atomic E-state index is -3.81. The molecule has 0 radical (unpaired) electrons. The molecule has 9 heteroatoms. The van der Waals surface area contributed by atoms with Crippen LogP contribution in [0.1, 0.15) is 53.7 Å². The molecule has 8 nitrogen and oxygen atoms in total. The van der Waals surface area contributed by atoms with E-state index in [2.05, 4.69) is 10.3 Å². The topological polar surface area (TPSA) is 103 Å². The van der Waals surface area contributed by atoms with Crippen molar-refractivity contribution in [3.63, 3.8) is 0 Å². The standard InChI is InChI=1S/C24H32N4O4S/c1-17-8-9-18(2)21(13-17)26-23(29)19-7-6-12-28(16-19)33(31,32)20-14-22(25-15-20)24(30)27-10-4-3-5-11-27/h8-9,13-15,19,25H,3-7,10-12,16H2,1-2H3,(H,26,29). The van der Waals surface area contributed by atoms with E-state index in [-0.39, 0.29) is 28.9 Å². The van der Waals surface area contributed by atoms with Crippen molar-refractivity contribution < 1.29 is 18.0 Å². The van der Waals surface area contributed by atoms with Crippen molar-refractivity contribution in [2.24, 2.45) is 5.92 Å². The largest absolute Gasteiger partial charge is 0.356 e. The highest BCUT2D eigenvalue weighted by molar-refractivity contribution is 7.89. The fourth-order valence-electron chi connectivity index (χ4n) is 4.54. The number of aryl methyl sites for hydroxylation is 2. The lowest BCUT2D eigenvalue weighted by molar-refractivity contribution is -0.120. The zero-order valence-corrected chi connectivity index (χ0v) is 20.1. The molecule has 0 aliphatic carbocycles. The number of carbonyl (C=O) groups excluding carboxylic acids is 2. The van der Waals surface area contributed by atoms with E-state index in [1.54, 1.807) is 4.90 Å². The molecule has 1 aromatic heterocycles. The van der Waals surface area contributed by atoms with Crippen molar-refractivity contribution in [1.82, 2.24) is 14.2 Å². The SMILES string of the molecule is Cc1ccc(C)c(NC(=O)C2CCCN(S(=O)(=O)c3c[nH]c(C(=O)N4CCCCC4)c3)C2)c1. The molecule has 4 rings (SSSR count). The highest BCUT2D eigenvalue weighted by Crippen LogP contribution is 2.26. The number of amides is 2. The quantitative estimate of drug-likeness (QED) is 0.697. The average molecular weight is 473 g/mol. The molecular formula is C24H32N4O4S. The number of nitrogens with zero attached hydrogens (tertiary/aromatic N) is 2. The first-order chi connectivity index (χ1) is 15.8. The van der Waals surface area contributed by atoms with Gasteiger partial charge in [0.15, 0.2) is 0 Å². The lowest BCUT2D eigenvalue weighted by Gasteiger charge is -2.31. The van der Waals surface area contributed by atoms with Gasteiger partial charge in [0.2, 0.25) is 15.9 Å². The fourth-order valence-corrected chi connectivity index (χ4v) is 6.06. The van der Waals surface area contributed by atoms with Crippen LogP contribution in [0.15, 0.2) is 35.4 Å². The Balaban J connectivity index is 1.45. The van der Waals surface area contributed by atoms with E-state index in [1.807, 2.05) is 32.0 Å². The summed E-state index contributed by atoms with van der Waals surface area (Å²) < 4.78 is 27.9. The van der Waals surface area contributed by atoms with Gasteiger partial charge in [-0.05, 0) is 69.2 Å².